The lowest BCUT2D eigenvalue weighted by Gasteiger charge is -2.10. The molecule has 0 bridgehead atoms. The fourth-order valence-corrected chi connectivity index (χ4v) is 2.78. The molecule has 0 atom stereocenters. The molecule has 0 unspecified atom stereocenters. The van der Waals surface area contributed by atoms with E-state index in [4.69, 9.17) is 5.73 Å². The topological polar surface area (TPSA) is 26.0 Å². The van der Waals surface area contributed by atoms with Gasteiger partial charge < -0.3 is 5.73 Å². The summed E-state index contributed by atoms with van der Waals surface area (Å²) in [6, 6.07) is 4.81. The van der Waals surface area contributed by atoms with Crippen LogP contribution in [0.1, 0.15) is 54.9 Å². The highest BCUT2D eigenvalue weighted by Gasteiger charge is 2.12. The monoisotopic (exact) mass is 243 g/mol. The minimum atomic E-state index is 1.000. The Balaban J connectivity index is 2.01. The molecule has 1 aromatic rings. The number of hydrogen-bond donors (Lipinski definition) is 1. The highest BCUT2D eigenvalue weighted by Crippen LogP contribution is 2.26. The first-order chi connectivity index (χ1) is 8.70. The molecule has 0 fully saturated rings. The van der Waals surface area contributed by atoms with Gasteiger partial charge in [0.1, 0.15) is 0 Å². The van der Waals surface area contributed by atoms with Gasteiger partial charge in [-0.3, -0.25) is 0 Å². The summed E-state index contributed by atoms with van der Waals surface area (Å²) in [5.74, 6) is 0. The molecular weight excluding hydrogens is 218 g/mol. The third-order valence-corrected chi connectivity index (χ3v) is 3.93. The molecule has 0 saturated heterocycles. The molecule has 0 radical (unpaired) electrons. The van der Waals surface area contributed by atoms with Gasteiger partial charge in [0.25, 0.3) is 0 Å². The second-order valence-corrected chi connectivity index (χ2v) is 5.47. The van der Waals surface area contributed by atoms with E-state index in [1.54, 1.807) is 11.1 Å². The predicted molar refractivity (Wildman–Crippen MR) is 78.7 cm³/mol. The first-order valence-electron chi connectivity index (χ1n) is 7.26. The first-order valence-corrected chi connectivity index (χ1v) is 7.26. The molecule has 1 aliphatic rings. The quantitative estimate of drug-likeness (QED) is 0.829. The molecule has 98 valence electrons. The molecule has 2 N–H and O–H groups in total. The Labute approximate surface area is 111 Å². The van der Waals surface area contributed by atoms with E-state index < -0.39 is 0 Å². The fourth-order valence-electron chi connectivity index (χ4n) is 2.78. The zero-order valence-electron chi connectivity index (χ0n) is 11.8. The third kappa shape index (κ3) is 3.16. The Morgan fingerprint density at radius 2 is 2.00 bits per heavy atom. The molecule has 0 aromatic heterocycles. The number of benzene rings is 1. The van der Waals surface area contributed by atoms with Crippen molar-refractivity contribution >= 4 is 0 Å². The van der Waals surface area contributed by atoms with Crippen molar-refractivity contribution in [2.24, 2.45) is 5.73 Å². The number of rotatable bonds is 5. The van der Waals surface area contributed by atoms with Crippen LogP contribution >= 0.6 is 0 Å². The van der Waals surface area contributed by atoms with Crippen molar-refractivity contribution in [1.82, 2.24) is 0 Å². The maximum Gasteiger partial charge on any atom is 0.00432 e. The minimum Gasteiger partial charge on any atom is -0.402 e. The van der Waals surface area contributed by atoms with E-state index in [9.17, 15) is 0 Å². The average Bonchev–Trinajstić information content (AvgIpc) is 2.80. The molecule has 0 heterocycles. The predicted octanol–water partition coefficient (Wildman–Crippen LogP) is 4.06. The lowest BCUT2D eigenvalue weighted by Crippen LogP contribution is -2.01. The molecule has 0 amide bonds. The SMILES string of the molecule is CCC/C=C(\N)CCc1cc2c(cc1C)CCC2. The molecule has 18 heavy (non-hydrogen) atoms. The summed E-state index contributed by atoms with van der Waals surface area (Å²) >= 11 is 0. The van der Waals surface area contributed by atoms with Crippen molar-refractivity contribution < 1.29 is 0 Å². The van der Waals surface area contributed by atoms with Gasteiger partial charge in [0, 0.05) is 5.70 Å². The smallest absolute Gasteiger partial charge is 0.00432 e. The van der Waals surface area contributed by atoms with Crippen molar-refractivity contribution in [1.29, 1.82) is 0 Å². The number of allylic oxidation sites excluding steroid dienone is 2. The standard InChI is InChI=1S/C17H25N/c1-3-4-8-17(18)10-9-14-12-16-7-5-6-15(16)11-13(14)2/h8,11-12H,3-7,9-10,18H2,1-2H3/b17-8-. The van der Waals surface area contributed by atoms with Crippen molar-refractivity contribution in [2.45, 2.75) is 58.8 Å². The largest absolute Gasteiger partial charge is 0.402 e. The van der Waals surface area contributed by atoms with Crippen LogP contribution in [0.2, 0.25) is 0 Å². The number of aryl methyl sites for hydroxylation is 4. The summed E-state index contributed by atoms with van der Waals surface area (Å²) in [6.45, 7) is 4.42. The average molecular weight is 243 g/mol. The van der Waals surface area contributed by atoms with E-state index in [2.05, 4.69) is 32.1 Å². The van der Waals surface area contributed by atoms with Gasteiger partial charge in [-0.2, -0.15) is 0 Å². The Hall–Kier alpha value is -1.24. The summed E-state index contributed by atoms with van der Waals surface area (Å²) in [5.41, 5.74) is 13.2. The summed E-state index contributed by atoms with van der Waals surface area (Å²) in [6.07, 6.45) is 10.4. The van der Waals surface area contributed by atoms with Gasteiger partial charge in [-0.1, -0.05) is 31.6 Å². The second kappa shape index (κ2) is 6.08. The Morgan fingerprint density at radius 3 is 2.72 bits per heavy atom. The lowest BCUT2D eigenvalue weighted by atomic mass is 9.97. The van der Waals surface area contributed by atoms with E-state index >= 15 is 0 Å². The van der Waals surface area contributed by atoms with Gasteiger partial charge in [0.05, 0.1) is 0 Å². The molecule has 0 spiro atoms. The van der Waals surface area contributed by atoms with Crippen molar-refractivity contribution in [2.75, 3.05) is 0 Å². The Bertz CT molecular complexity index is 443. The van der Waals surface area contributed by atoms with E-state index in [1.807, 2.05) is 0 Å². The Kier molecular flexibility index (Phi) is 4.46. The van der Waals surface area contributed by atoms with Crippen LogP contribution in [0.15, 0.2) is 23.9 Å². The normalized spacial score (nSPS) is 14.9. The zero-order chi connectivity index (χ0) is 13.0. The third-order valence-electron chi connectivity index (χ3n) is 3.93. The maximum atomic E-state index is 6.03. The Morgan fingerprint density at radius 1 is 1.28 bits per heavy atom. The fraction of sp³-hybridized carbons (Fsp3) is 0.529. The van der Waals surface area contributed by atoms with Gasteiger partial charge in [0.15, 0.2) is 0 Å². The minimum absolute atomic E-state index is 1.000. The molecule has 2 rings (SSSR count). The van der Waals surface area contributed by atoms with Crippen molar-refractivity contribution in [3.8, 4) is 0 Å². The lowest BCUT2D eigenvalue weighted by molar-refractivity contribution is 0.879. The number of nitrogens with two attached hydrogens (primary N) is 1. The van der Waals surface area contributed by atoms with Crippen molar-refractivity contribution in [3.05, 3.63) is 46.2 Å². The van der Waals surface area contributed by atoms with Crippen LogP contribution in [0.3, 0.4) is 0 Å². The molecule has 1 heteroatoms. The van der Waals surface area contributed by atoms with E-state index in [1.165, 1.54) is 36.8 Å². The molecule has 0 saturated carbocycles. The van der Waals surface area contributed by atoms with Crippen LogP contribution in [0.5, 0.6) is 0 Å². The van der Waals surface area contributed by atoms with Crippen molar-refractivity contribution in [3.63, 3.8) is 0 Å². The first kappa shape index (κ1) is 13.2. The number of fused-ring (bicyclic) bond motifs is 1. The highest BCUT2D eigenvalue weighted by atomic mass is 14.6. The molecule has 1 nitrogen and oxygen atoms in total. The van der Waals surface area contributed by atoms with Gasteiger partial charge in [-0.15, -0.1) is 0 Å². The van der Waals surface area contributed by atoms with E-state index in [0.29, 0.717) is 0 Å². The van der Waals surface area contributed by atoms with Gasteiger partial charge in [0.2, 0.25) is 0 Å². The van der Waals surface area contributed by atoms with Crippen LogP contribution in [-0.4, -0.2) is 0 Å². The van der Waals surface area contributed by atoms with E-state index in [0.717, 1.165) is 25.0 Å². The summed E-state index contributed by atoms with van der Waals surface area (Å²) in [4.78, 5) is 0. The maximum absolute atomic E-state index is 6.03. The van der Waals surface area contributed by atoms with Gasteiger partial charge in [-0.25, -0.2) is 0 Å². The van der Waals surface area contributed by atoms with Crippen LogP contribution < -0.4 is 5.73 Å². The van der Waals surface area contributed by atoms with E-state index in [-0.39, 0.29) is 0 Å². The molecular formula is C17H25N. The highest BCUT2D eigenvalue weighted by molar-refractivity contribution is 5.40. The van der Waals surface area contributed by atoms with Crippen LogP contribution in [0.4, 0.5) is 0 Å². The molecule has 1 aliphatic carbocycles. The summed E-state index contributed by atoms with van der Waals surface area (Å²) in [5, 5.41) is 0. The second-order valence-electron chi connectivity index (χ2n) is 5.47. The summed E-state index contributed by atoms with van der Waals surface area (Å²) < 4.78 is 0. The van der Waals surface area contributed by atoms with Crippen LogP contribution in [0, 0.1) is 6.92 Å². The summed E-state index contributed by atoms with van der Waals surface area (Å²) in [7, 11) is 0. The molecule has 1 aromatic carbocycles. The number of hydrogen-bond acceptors (Lipinski definition) is 1. The molecule has 0 aliphatic heterocycles. The van der Waals surface area contributed by atoms with Crippen LogP contribution in [0.25, 0.3) is 0 Å². The van der Waals surface area contributed by atoms with Gasteiger partial charge >= 0.3 is 0 Å². The zero-order valence-corrected chi connectivity index (χ0v) is 11.8. The number of unbranched alkanes of at least 4 members (excludes halogenated alkanes) is 1. The van der Waals surface area contributed by atoms with Gasteiger partial charge in [-0.05, 0) is 67.7 Å². The van der Waals surface area contributed by atoms with Crippen LogP contribution in [-0.2, 0) is 19.3 Å².